The summed E-state index contributed by atoms with van der Waals surface area (Å²) in [5.74, 6) is 0.231. The fourth-order valence-electron chi connectivity index (χ4n) is 1.56. The number of ether oxygens (including phenoxy) is 1. The first-order chi connectivity index (χ1) is 7.69. The SMILES string of the molecule is COc1ccc(N[C@@H]2CC(=O)NC2=O)cc1. The average Bonchev–Trinajstić information content (AvgIpc) is 2.59. The van der Waals surface area contributed by atoms with Crippen LogP contribution in [0.25, 0.3) is 0 Å². The molecule has 5 nitrogen and oxygen atoms in total. The molecule has 1 aromatic carbocycles. The van der Waals surface area contributed by atoms with Gasteiger partial charge in [0.05, 0.1) is 13.5 Å². The van der Waals surface area contributed by atoms with Crippen molar-refractivity contribution < 1.29 is 14.3 Å². The van der Waals surface area contributed by atoms with E-state index in [4.69, 9.17) is 4.74 Å². The first kappa shape index (κ1) is 10.5. The van der Waals surface area contributed by atoms with Crippen molar-refractivity contribution in [3.8, 4) is 5.75 Å². The lowest BCUT2D eigenvalue weighted by Crippen LogP contribution is -2.29. The van der Waals surface area contributed by atoms with E-state index in [1.54, 1.807) is 31.4 Å². The molecule has 2 amide bonds. The lowest BCUT2D eigenvalue weighted by molar-refractivity contribution is -0.124. The van der Waals surface area contributed by atoms with Crippen LogP contribution in [0.5, 0.6) is 5.75 Å². The number of anilines is 1. The van der Waals surface area contributed by atoms with Crippen LogP contribution in [0.15, 0.2) is 24.3 Å². The Morgan fingerprint density at radius 2 is 2.00 bits per heavy atom. The minimum atomic E-state index is -0.471. The van der Waals surface area contributed by atoms with Gasteiger partial charge in [0, 0.05) is 5.69 Å². The van der Waals surface area contributed by atoms with Gasteiger partial charge >= 0.3 is 0 Å². The zero-order valence-electron chi connectivity index (χ0n) is 8.82. The minimum absolute atomic E-state index is 0.185. The smallest absolute Gasteiger partial charge is 0.249 e. The molecule has 0 aliphatic carbocycles. The number of benzene rings is 1. The Bertz CT molecular complexity index is 414. The van der Waals surface area contributed by atoms with Crippen molar-refractivity contribution in [1.82, 2.24) is 5.32 Å². The van der Waals surface area contributed by atoms with Gasteiger partial charge in [0.2, 0.25) is 11.8 Å². The molecule has 0 bridgehead atoms. The van der Waals surface area contributed by atoms with Crippen LogP contribution in [0, 0.1) is 0 Å². The molecule has 0 unspecified atom stereocenters. The largest absolute Gasteiger partial charge is 0.497 e. The summed E-state index contributed by atoms with van der Waals surface area (Å²) in [4.78, 5) is 22.3. The number of rotatable bonds is 3. The summed E-state index contributed by atoms with van der Waals surface area (Å²) in [6.07, 6.45) is 0.185. The Morgan fingerprint density at radius 1 is 1.31 bits per heavy atom. The Morgan fingerprint density at radius 3 is 2.50 bits per heavy atom. The van der Waals surface area contributed by atoms with E-state index in [1.807, 2.05) is 0 Å². The monoisotopic (exact) mass is 220 g/mol. The third-order valence-corrected chi connectivity index (χ3v) is 2.40. The first-order valence-electron chi connectivity index (χ1n) is 4.93. The molecule has 1 aromatic rings. The highest BCUT2D eigenvalue weighted by atomic mass is 16.5. The molecule has 0 aromatic heterocycles. The molecule has 1 aliphatic heterocycles. The maximum absolute atomic E-state index is 11.3. The molecule has 2 rings (SSSR count). The van der Waals surface area contributed by atoms with E-state index in [1.165, 1.54) is 0 Å². The molecule has 0 saturated carbocycles. The number of amides is 2. The Balaban J connectivity index is 2.03. The predicted molar refractivity (Wildman–Crippen MR) is 58.2 cm³/mol. The molecule has 1 saturated heterocycles. The molecule has 1 aliphatic rings. The van der Waals surface area contributed by atoms with Crippen LogP contribution in [0.4, 0.5) is 5.69 Å². The molecule has 84 valence electrons. The standard InChI is InChI=1S/C11H12N2O3/c1-16-8-4-2-7(3-5-8)12-9-6-10(14)13-11(9)15/h2-5,9,12H,6H2,1H3,(H,13,14,15)/t9-/m1/s1. The van der Waals surface area contributed by atoms with Crippen molar-refractivity contribution in [3.63, 3.8) is 0 Å². The zero-order chi connectivity index (χ0) is 11.5. The van der Waals surface area contributed by atoms with Gasteiger partial charge < -0.3 is 10.1 Å². The summed E-state index contributed by atoms with van der Waals surface area (Å²) < 4.78 is 5.02. The fraction of sp³-hybridized carbons (Fsp3) is 0.273. The van der Waals surface area contributed by atoms with Crippen molar-refractivity contribution in [3.05, 3.63) is 24.3 Å². The normalized spacial score (nSPS) is 19.4. The summed E-state index contributed by atoms with van der Waals surface area (Å²) in [6, 6.07) is 6.71. The number of carbonyl (C=O) groups is 2. The van der Waals surface area contributed by atoms with E-state index >= 15 is 0 Å². The van der Waals surface area contributed by atoms with Gasteiger partial charge in [-0.05, 0) is 24.3 Å². The molecule has 1 fully saturated rings. The molecule has 2 N–H and O–H groups in total. The van der Waals surface area contributed by atoms with Gasteiger partial charge in [-0.15, -0.1) is 0 Å². The van der Waals surface area contributed by atoms with Crippen LogP contribution in [0.1, 0.15) is 6.42 Å². The van der Waals surface area contributed by atoms with Gasteiger partial charge in [-0.25, -0.2) is 0 Å². The summed E-state index contributed by atoms with van der Waals surface area (Å²) in [7, 11) is 1.59. The van der Waals surface area contributed by atoms with E-state index in [2.05, 4.69) is 10.6 Å². The summed E-state index contributed by atoms with van der Waals surface area (Å²) >= 11 is 0. The molecule has 1 atom stereocenters. The van der Waals surface area contributed by atoms with Crippen LogP contribution in [-0.2, 0) is 9.59 Å². The number of imide groups is 1. The first-order valence-corrected chi connectivity index (χ1v) is 4.93. The van der Waals surface area contributed by atoms with Gasteiger partial charge in [0.25, 0.3) is 0 Å². The lowest BCUT2D eigenvalue weighted by atomic mass is 10.2. The number of hydrogen-bond donors (Lipinski definition) is 2. The van der Waals surface area contributed by atoms with Crippen molar-refractivity contribution in [2.75, 3.05) is 12.4 Å². The third-order valence-electron chi connectivity index (χ3n) is 2.40. The van der Waals surface area contributed by atoms with E-state index in [0.29, 0.717) is 0 Å². The highest BCUT2D eigenvalue weighted by Gasteiger charge is 2.30. The number of nitrogens with one attached hydrogen (secondary N) is 2. The van der Waals surface area contributed by atoms with Gasteiger partial charge in [-0.2, -0.15) is 0 Å². The molecule has 0 radical (unpaired) electrons. The third kappa shape index (κ3) is 2.13. The van der Waals surface area contributed by atoms with Crippen molar-refractivity contribution >= 4 is 17.5 Å². The van der Waals surface area contributed by atoms with Crippen LogP contribution < -0.4 is 15.4 Å². The van der Waals surface area contributed by atoms with Crippen LogP contribution in [0.3, 0.4) is 0 Å². The Hall–Kier alpha value is -2.04. The zero-order valence-corrected chi connectivity index (χ0v) is 8.82. The van der Waals surface area contributed by atoms with E-state index < -0.39 is 6.04 Å². The number of methoxy groups -OCH3 is 1. The quantitative estimate of drug-likeness (QED) is 0.729. The van der Waals surface area contributed by atoms with Crippen LogP contribution in [-0.4, -0.2) is 25.0 Å². The number of hydrogen-bond acceptors (Lipinski definition) is 4. The molecular formula is C11H12N2O3. The van der Waals surface area contributed by atoms with Gasteiger partial charge in [-0.3, -0.25) is 14.9 Å². The Labute approximate surface area is 92.8 Å². The van der Waals surface area contributed by atoms with Crippen molar-refractivity contribution in [1.29, 1.82) is 0 Å². The van der Waals surface area contributed by atoms with Crippen LogP contribution in [0.2, 0.25) is 0 Å². The van der Waals surface area contributed by atoms with Gasteiger partial charge in [0.1, 0.15) is 11.8 Å². The second-order valence-electron chi connectivity index (χ2n) is 3.54. The summed E-state index contributed by atoms with van der Waals surface area (Å²) in [6.45, 7) is 0. The van der Waals surface area contributed by atoms with Crippen molar-refractivity contribution in [2.45, 2.75) is 12.5 Å². The van der Waals surface area contributed by atoms with Crippen molar-refractivity contribution in [2.24, 2.45) is 0 Å². The maximum atomic E-state index is 11.3. The maximum Gasteiger partial charge on any atom is 0.249 e. The Kier molecular flexibility index (Phi) is 2.76. The molecule has 5 heteroatoms. The predicted octanol–water partition coefficient (Wildman–Crippen LogP) is 0.522. The second-order valence-corrected chi connectivity index (χ2v) is 3.54. The topological polar surface area (TPSA) is 67.4 Å². The van der Waals surface area contributed by atoms with Gasteiger partial charge in [-0.1, -0.05) is 0 Å². The van der Waals surface area contributed by atoms with E-state index in [-0.39, 0.29) is 18.2 Å². The lowest BCUT2D eigenvalue weighted by Gasteiger charge is -2.10. The highest BCUT2D eigenvalue weighted by Crippen LogP contribution is 2.17. The number of carbonyl (C=O) groups excluding carboxylic acids is 2. The highest BCUT2D eigenvalue weighted by molar-refractivity contribution is 6.06. The fourth-order valence-corrected chi connectivity index (χ4v) is 1.56. The van der Waals surface area contributed by atoms with E-state index in [0.717, 1.165) is 11.4 Å². The molecular weight excluding hydrogens is 208 g/mol. The minimum Gasteiger partial charge on any atom is -0.497 e. The molecule has 1 heterocycles. The summed E-state index contributed by atoms with van der Waals surface area (Å²) in [5, 5.41) is 5.23. The summed E-state index contributed by atoms with van der Waals surface area (Å²) in [5.41, 5.74) is 0.788. The second kappa shape index (κ2) is 4.22. The molecule has 16 heavy (non-hydrogen) atoms. The average molecular weight is 220 g/mol. The van der Waals surface area contributed by atoms with E-state index in [9.17, 15) is 9.59 Å². The van der Waals surface area contributed by atoms with Crippen LogP contribution >= 0.6 is 0 Å². The molecule has 0 spiro atoms. The van der Waals surface area contributed by atoms with Gasteiger partial charge in [0.15, 0.2) is 0 Å².